The normalized spacial score (nSPS) is 15.7. The van der Waals surface area contributed by atoms with Gasteiger partial charge in [0.05, 0.1) is 6.54 Å². The van der Waals surface area contributed by atoms with Gasteiger partial charge in [0.2, 0.25) is 0 Å². The molecule has 2 N–H and O–H groups in total. The fraction of sp³-hybridized carbons (Fsp3) is 0.444. The Bertz CT molecular complexity index is 646. The Labute approximate surface area is 137 Å². The maximum atomic E-state index is 12.0. The second-order valence-corrected chi connectivity index (χ2v) is 6.51. The highest BCUT2D eigenvalue weighted by Crippen LogP contribution is 2.43. The van der Waals surface area contributed by atoms with Crippen molar-refractivity contribution in [2.75, 3.05) is 6.54 Å². The summed E-state index contributed by atoms with van der Waals surface area (Å²) in [6, 6.07) is 10.4. The number of nitrogens with zero attached hydrogens (tertiary/aromatic N) is 2. The minimum Gasteiger partial charge on any atom is -0.338 e. The maximum Gasteiger partial charge on any atom is 0.315 e. The van der Waals surface area contributed by atoms with Gasteiger partial charge in [-0.1, -0.05) is 36.8 Å². The first-order valence-corrected chi connectivity index (χ1v) is 8.19. The molecule has 1 aromatic heterocycles. The van der Waals surface area contributed by atoms with Crippen molar-refractivity contribution >= 4 is 6.03 Å². The number of carbonyl (C=O) groups is 1. The third-order valence-electron chi connectivity index (χ3n) is 4.79. The number of aromatic nitrogens is 2. The van der Waals surface area contributed by atoms with Crippen molar-refractivity contribution in [3.63, 3.8) is 0 Å². The zero-order chi connectivity index (χ0) is 16.1. The minimum absolute atomic E-state index is 0.118. The van der Waals surface area contributed by atoms with Gasteiger partial charge in [0.1, 0.15) is 5.82 Å². The van der Waals surface area contributed by atoms with E-state index < -0.39 is 0 Å². The van der Waals surface area contributed by atoms with E-state index in [0.29, 0.717) is 6.54 Å². The lowest BCUT2D eigenvalue weighted by Gasteiger charge is -2.42. The zero-order valence-corrected chi connectivity index (χ0v) is 13.6. The molecule has 0 radical (unpaired) electrons. The van der Waals surface area contributed by atoms with Crippen LogP contribution >= 0.6 is 0 Å². The van der Waals surface area contributed by atoms with E-state index in [1.54, 1.807) is 6.20 Å². The van der Waals surface area contributed by atoms with Crippen molar-refractivity contribution in [1.82, 2.24) is 20.2 Å². The van der Waals surface area contributed by atoms with Crippen molar-refractivity contribution < 1.29 is 4.79 Å². The predicted octanol–water partition coefficient (Wildman–Crippen LogP) is 2.63. The summed E-state index contributed by atoms with van der Waals surface area (Å²) in [4.78, 5) is 16.2. The van der Waals surface area contributed by atoms with Crippen LogP contribution in [0.25, 0.3) is 0 Å². The molecule has 5 heteroatoms. The maximum absolute atomic E-state index is 12.0. The number of rotatable bonds is 6. The topological polar surface area (TPSA) is 59.0 Å². The van der Waals surface area contributed by atoms with Crippen LogP contribution in [0.15, 0.2) is 42.7 Å². The van der Waals surface area contributed by atoms with Crippen molar-refractivity contribution in [3.8, 4) is 0 Å². The lowest BCUT2D eigenvalue weighted by Crippen LogP contribution is -2.46. The molecule has 2 amide bonds. The number of aryl methyl sites for hydroxylation is 1. The minimum atomic E-state index is -0.118. The van der Waals surface area contributed by atoms with Crippen LogP contribution in [0.1, 0.15) is 30.7 Å². The first-order valence-electron chi connectivity index (χ1n) is 8.19. The van der Waals surface area contributed by atoms with Crippen LogP contribution in [0.3, 0.4) is 0 Å². The zero-order valence-electron chi connectivity index (χ0n) is 13.6. The largest absolute Gasteiger partial charge is 0.338 e. The third-order valence-corrected chi connectivity index (χ3v) is 4.79. The van der Waals surface area contributed by atoms with Crippen molar-refractivity contribution in [2.24, 2.45) is 12.5 Å². The van der Waals surface area contributed by atoms with Crippen molar-refractivity contribution in [3.05, 3.63) is 54.1 Å². The number of urea groups is 1. The molecule has 3 rings (SSSR count). The standard InChI is InChI=1S/C18H24N4O/c1-22-11-10-19-16(22)13-20-17(23)21-14-18(8-5-9-18)12-15-6-3-2-4-7-15/h2-4,6-7,10-11H,5,8-9,12-14H2,1H3,(H2,20,21,23). The molecule has 1 aliphatic rings. The van der Waals surface area contributed by atoms with Gasteiger partial charge in [-0.15, -0.1) is 0 Å². The Balaban J connectivity index is 1.48. The molecule has 1 heterocycles. The average Bonchev–Trinajstić information content (AvgIpc) is 2.94. The molecule has 0 unspecified atom stereocenters. The van der Waals surface area contributed by atoms with Gasteiger partial charge in [0.25, 0.3) is 0 Å². The summed E-state index contributed by atoms with van der Waals surface area (Å²) in [6.07, 6.45) is 8.26. The van der Waals surface area contributed by atoms with Gasteiger partial charge >= 0.3 is 6.03 Å². The van der Waals surface area contributed by atoms with Crippen LogP contribution < -0.4 is 10.6 Å². The lowest BCUT2D eigenvalue weighted by molar-refractivity contribution is 0.131. The highest BCUT2D eigenvalue weighted by Gasteiger charge is 2.37. The van der Waals surface area contributed by atoms with Gasteiger partial charge in [0.15, 0.2) is 0 Å². The van der Waals surface area contributed by atoms with Crippen LogP contribution in [-0.2, 0) is 20.0 Å². The van der Waals surface area contributed by atoms with Gasteiger partial charge in [-0.3, -0.25) is 0 Å². The highest BCUT2D eigenvalue weighted by atomic mass is 16.2. The molecule has 5 nitrogen and oxygen atoms in total. The molecule has 0 atom stereocenters. The van der Waals surface area contributed by atoms with Gasteiger partial charge in [-0.2, -0.15) is 0 Å². The van der Waals surface area contributed by atoms with Crippen LogP contribution in [0.2, 0.25) is 0 Å². The monoisotopic (exact) mass is 312 g/mol. The van der Waals surface area contributed by atoms with E-state index in [9.17, 15) is 4.79 Å². The number of hydrogen-bond acceptors (Lipinski definition) is 2. The van der Waals surface area contributed by atoms with E-state index in [1.165, 1.54) is 24.8 Å². The number of amides is 2. The summed E-state index contributed by atoms with van der Waals surface area (Å²) >= 11 is 0. The van der Waals surface area contributed by atoms with Gasteiger partial charge in [0, 0.05) is 26.0 Å². The van der Waals surface area contributed by atoms with Crippen LogP contribution in [0, 0.1) is 5.41 Å². The Kier molecular flexibility index (Phi) is 4.65. The Hall–Kier alpha value is -2.30. The van der Waals surface area contributed by atoms with E-state index in [2.05, 4.69) is 39.9 Å². The number of benzene rings is 1. The number of carbonyl (C=O) groups excluding carboxylic acids is 1. The second kappa shape index (κ2) is 6.86. The second-order valence-electron chi connectivity index (χ2n) is 6.51. The lowest BCUT2D eigenvalue weighted by atomic mass is 9.65. The first kappa shape index (κ1) is 15.6. The quantitative estimate of drug-likeness (QED) is 0.861. The van der Waals surface area contributed by atoms with Gasteiger partial charge in [-0.25, -0.2) is 9.78 Å². The number of nitrogens with one attached hydrogen (secondary N) is 2. The third kappa shape index (κ3) is 3.92. The molecule has 1 aliphatic carbocycles. The summed E-state index contributed by atoms with van der Waals surface area (Å²) in [6.45, 7) is 1.18. The smallest absolute Gasteiger partial charge is 0.315 e. The van der Waals surface area contributed by atoms with Crippen LogP contribution in [-0.4, -0.2) is 22.1 Å². The molecule has 1 fully saturated rings. The Morgan fingerprint density at radius 2 is 2.04 bits per heavy atom. The summed E-state index contributed by atoms with van der Waals surface area (Å²) < 4.78 is 1.91. The van der Waals surface area contributed by atoms with Crippen molar-refractivity contribution in [2.45, 2.75) is 32.2 Å². The van der Waals surface area contributed by atoms with E-state index >= 15 is 0 Å². The fourth-order valence-electron chi connectivity index (χ4n) is 3.18. The fourth-order valence-corrected chi connectivity index (χ4v) is 3.18. The SMILES string of the molecule is Cn1ccnc1CNC(=O)NCC1(Cc2ccccc2)CCC1. The highest BCUT2D eigenvalue weighted by molar-refractivity contribution is 5.73. The van der Waals surface area contributed by atoms with Crippen molar-refractivity contribution in [1.29, 1.82) is 0 Å². The molecule has 0 aliphatic heterocycles. The Morgan fingerprint density at radius 3 is 2.65 bits per heavy atom. The predicted molar refractivity (Wildman–Crippen MR) is 89.9 cm³/mol. The molecule has 23 heavy (non-hydrogen) atoms. The summed E-state index contributed by atoms with van der Waals surface area (Å²) in [5.74, 6) is 0.850. The molecular formula is C18H24N4O. The summed E-state index contributed by atoms with van der Waals surface area (Å²) in [7, 11) is 1.92. The molecule has 1 aromatic carbocycles. The molecular weight excluding hydrogens is 288 g/mol. The summed E-state index contributed by atoms with van der Waals surface area (Å²) in [5.41, 5.74) is 1.57. The van der Waals surface area contributed by atoms with Gasteiger partial charge in [-0.05, 0) is 30.2 Å². The van der Waals surface area contributed by atoms with E-state index in [0.717, 1.165) is 18.8 Å². The molecule has 0 spiro atoms. The first-order chi connectivity index (χ1) is 11.2. The van der Waals surface area contributed by atoms with E-state index in [1.807, 2.05) is 23.9 Å². The van der Waals surface area contributed by atoms with Gasteiger partial charge < -0.3 is 15.2 Å². The molecule has 1 saturated carbocycles. The van der Waals surface area contributed by atoms with Crippen LogP contribution in [0.4, 0.5) is 4.79 Å². The van der Waals surface area contributed by atoms with Crippen LogP contribution in [0.5, 0.6) is 0 Å². The average molecular weight is 312 g/mol. The number of imidazole rings is 1. The molecule has 122 valence electrons. The van der Waals surface area contributed by atoms with E-state index in [-0.39, 0.29) is 11.4 Å². The van der Waals surface area contributed by atoms with E-state index in [4.69, 9.17) is 0 Å². The Morgan fingerprint density at radius 1 is 1.26 bits per heavy atom. The molecule has 0 saturated heterocycles. The number of hydrogen-bond donors (Lipinski definition) is 2. The molecule has 2 aromatic rings. The summed E-state index contributed by atoms with van der Waals surface area (Å²) in [5, 5.41) is 5.92. The molecule has 0 bridgehead atoms.